The Balaban J connectivity index is 1.96. The Hall–Kier alpha value is -1.64. The molecule has 0 heterocycles. The van der Waals surface area contributed by atoms with Gasteiger partial charge in [-0.15, -0.1) is 0 Å². The quantitative estimate of drug-likeness (QED) is 0.602. The third kappa shape index (κ3) is 2.92. The minimum atomic E-state index is -1.76. The summed E-state index contributed by atoms with van der Waals surface area (Å²) in [6.07, 6.45) is 2.51. The molecule has 0 radical (unpaired) electrons. The smallest absolute Gasteiger partial charge is 0.133 e. The van der Waals surface area contributed by atoms with E-state index in [-0.39, 0.29) is 5.04 Å². The summed E-state index contributed by atoms with van der Waals surface area (Å²) in [4.78, 5) is 4.08. The Labute approximate surface area is 153 Å². The molecule has 0 amide bonds. The van der Waals surface area contributed by atoms with Gasteiger partial charge in [0.25, 0.3) is 0 Å². The molecule has 0 aromatic heterocycles. The van der Waals surface area contributed by atoms with Gasteiger partial charge < -0.3 is 4.98 Å². The lowest BCUT2D eigenvalue weighted by atomic mass is 10.0. The lowest BCUT2D eigenvalue weighted by molar-refractivity contribution is 0.683. The zero-order valence-corrected chi connectivity index (χ0v) is 17.7. The molecule has 1 N–H and O–H groups in total. The van der Waals surface area contributed by atoms with Gasteiger partial charge in [0.2, 0.25) is 0 Å². The fourth-order valence-corrected chi connectivity index (χ4v) is 7.62. The summed E-state index contributed by atoms with van der Waals surface area (Å²) in [7, 11) is -1.76. The fraction of sp³-hybridized carbons (Fsp3) is 0.391. The van der Waals surface area contributed by atoms with Crippen molar-refractivity contribution in [2.75, 3.05) is 0 Å². The molecular formula is C23H31NSi. The number of nitrogens with one attached hydrogen (secondary N) is 1. The van der Waals surface area contributed by atoms with Crippen LogP contribution in [0.3, 0.4) is 0 Å². The van der Waals surface area contributed by atoms with Crippen LogP contribution in [0.25, 0.3) is 10.8 Å². The molecule has 0 fully saturated rings. The zero-order chi connectivity index (χ0) is 18.4. The first kappa shape index (κ1) is 18.2. The van der Waals surface area contributed by atoms with Crippen molar-refractivity contribution in [1.29, 1.82) is 0 Å². The molecule has 0 saturated carbocycles. The second-order valence-electron chi connectivity index (χ2n) is 8.34. The summed E-state index contributed by atoms with van der Waals surface area (Å²) in [5, 5.41) is 2.85. The highest BCUT2D eigenvalue weighted by Gasteiger charge is 2.46. The number of hydrogen-bond acceptors (Lipinski definition) is 1. The van der Waals surface area contributed by atoms with Gasteiger partial charge in [0, 0.05) is 11.1 Å². The van der Waals surface area contributed by atoms with E-state index in [0.29, 0.717) is 6.04 Å². The SMILES string of the molecule is CC1=CC(C)([Si](C)(C)N[C@H](C)c2cccc3ccccc23)C(C)=C1C. The van der Waals surface area contributed by atoms with Gasteiger partial charge in [0.05, 0.1) is 0 Å². The first-order valence-corrected chi connectivity index (χ1v) is 12.3. The molecule has 132 valence electrons. The van der Waals surface area contributed by atoms with E-state index in [4.69, 9.17) is 0 Å². The van der Waals surface area contributed by atoms with Crippen LogP contribution in [0.1, 0.15) is 46.2 Å². The fourth-order valence-electron chi connectivity index (χ4n) is 4.38. The van der Waals surface area contributed by atoms with Crippen molar-refractivity contribution < 1.29 is 0 Å². The van der Waals surface area contributed by atoms with Crippen molar-refractivity contribution in [2.45, 2.75) is 58.8 Å². The summed E-state index contributed by atoms with van der Waals surface area (Å²) in [6.45, 7) is 16.5. The average Bonchev–Trinajstić information content (AvgIpc) is 2.78. The largest absolute Gasteiger partial charge is 0.330 e. The van der Waals surface area contributed by atoms with Crippen molar-refractivity contribution in [3.8, 4) is 0 Å². The lowest BCUT2D eigenvalue weighted by Gasteiger charge is -2.43. The van der Waals surface area contributed by atoms with E-state index in [1.54, 1.807) is 5.57 Å². The van der Waals surface area contributed by atoms with E-state index < -0.39 is 8.24 Å². The molecule has 2 heteroatoms. The minimum absolute atomic E-state index is 0.167. The van der Waals surface area contributed by atoms with E-state index in [2.05, 4.69) is 101 Å². The Morgan fingerprint density at radius 3 is 2.24 bits per heavy atom. The molecule has 1 nitrogen and oxygen atoms in total. The average molecular weight is 350 g/mol. The molecule has 0 spiro atoms. The van der Waals surface area contributed by atoms with Gasteiger partial charge in [0.15, 0.2) is 0 Å². The first-order chi connectivity index (χ1) is 11.7. The molecule has 2 aromatic rings. The highest BCUT2D eigenvalue weighted by Crippen LogP contribution is 2.52. The molecule has 3 rings (SSSR count). The summed E-state index contributed by atoms with van der Waals surface area (Å²) in [5.41, 5.74) is 5.86. The molecule has 25 heavy (non-hydrogen) atoms. The number of fused-ring (bicyclic) bond motifs is 1. The Morgan fingerprint density at radius 2 is 1.60 bits per heavy atom. The summed E-state index contributed by atoms with van der Waals surface area (Å²) in [5.74, 6) is 0. The van der Waals surface area contributed by atoms with Crippen molar-refractivity contribution in [1.82, 2.24) is 4.98 Å². The van der Waals surface area contributed by atoms with Crippen molar-refractivity contribution in [3.05, 3.63) is 70.8 Å². The molecule has 1 aliphatic rings. The maximum Gasteiger partial charge on any atom is 0.133 e. The van der Waals surface area contributed by atoms with E-state index >= 15 is 0 Å². The van der Waals surface area contributed by atoms with Crippen LogP contribution in [0, 0.1) is 0 Å². The van der Waals surface area contributed by atoms with Crippen LogP contribution in [-0.4, -0.2) is 8.24 Å². The highest BCUT2D eigenvalue weighted by atomic mass is 28.3. The molecule has 0 aliphatic heterocycles. The van der Waals surface area contributed by atoms with Crippen molar-refractivity contribution in [3.63, 3.8) is 0 Å². The van der Waals surface area contributed by atoms with Gasteiger partial charge in [-0.1, -0.05) is 79.7 Å². The van der Waals surface area contributed by atoms with Crippen LogP contribution >= 0.6 is 0 Å². The van der Waals surface area contributed by atoms with Crippen LogP contribution < -0.4 is 4.98 Å². The molecule has 0 saturated heterocycles. The van der Waals surface area contributed by atoms with E-state index in [1.807, 2.05) is 0 Å². The summed E-state index contributed by atoms with van der Waals surface area (Å²) in [6, 6.07) is 15.7. The van der Waals surface area contributed by atoms with Crippen LogP contribution in [0.4, 0.5) is 0 Å². The lowest BCUT2D eigenvalue weighted by Crippen LogP contribution is -2.54. The third-order valence-electron chi connectivity index (χ3n) is 6.60. The topological polar surface area (TPSA) is 12.0 Å². The minimum Gasteiger partial charge on any atom is -0.330 e. The van der Waals surface area contributed by atoms with Gasteiger partial charge in [-0.25, -0.2) is 0 Å². The first-order valence-electron chi connectivity index (χ1n) is 9.30. The van der Waals surface area contributed by atoms with Crippen LogP contribution in [-0.2, 0) is 0 Å². The predicted octanol–water partition coefficient (Wildman–Crippen LogP) is 6.75. The van der Waals surface area contributed by atoms with E-state index in [9.17, 15) is 0 Å². The summed E-state index contributed by atoms with van der Waals surface area (Å²) < 4.78 is 0. The Morgan fingerprint density at radius 1 is 0.960 bits per heavy atom. The zero-order valence-electron chi connectivity index (χ0n) is 16.7. The van der Waals surface area contributed by atoms with Crippen LogP contribution in [0.2, 0.25) is 18.1 Å². The molecule has 1 unspecified atom stereocenters. The van der Waals surface area contributed by atoms with Gasteiger partial charge in [-0.2, -0.15) is 0 Å². The molecule has 0 bridgehead atoms. The maximum atomic E-state index is 4.08. The predicted molar refractivity (Wildman–Crippen MR) is 113 cm³/mol. The number of allylic oxidation sites excluding steroid dienone is 4. The van der Waals surface area contributed by atoms with Crippen LogP contribution in [0.5, 0.6) is 0 Å². The summed E-state index contributed by atoms with van der Waals surface area (Å²) >= 11 is 0. The third-order valence-corrected chi connectivity index (χ3v) is 10.9. The monoisotopic (exact) mass is 349 g/mol. The van der Waals surface area contributed by atoms with Crippen LogP contribution in [0.15, 0.2) is 65.3 Å². The molecular weight excluding hydrogens is 318 g/mol. The van der Waals surface area contributed by atoms with E-state index in [1.165, 1.54) is 27.5 Å². The number of hydrogen-bond donors (Lipinski definition) is 1. The maximum absolute atomic E-state index is 4.08. The number of benzene rings is 2. The highest BCUT2D eigenvalue weighted by molar-refractivity contribution is 6.79. The molecule has 2 atom stereocenters. The van der Waals surface area contributed by atoms with Gasteiger partial charge in [0.1, 0.15) is 8.24 Å². The Bertz CT molecular complexity index is 869. The van der Waals surface area contributed by atoms with Crippen molar-refractivity contribution >= 4 is 19.0 Å². The van der Waals surface area contributed by atoms with Gasteiger partial charge in [-0.3, -0.25) is 0 Å². The van der Waals surface area contributed by atoms with Gasteiger partial charge >= 0.3 is 0 Å². The van der Waals surface area contributed by atoms with E-state index in [0.717, 1.165) is 0 Å². The standard InChI is InChI=1S/C23H31NSi/c1-16-15-23(5,18(3)17(16)2)25(6,7)24-19(4)21-14-10-12-20-11-8-9-13-22(20)21/h8-15,19,24H,1-7H3/t19-,23?/m1/s1. The Kier molecular flexibility index (Phi) is 4.55. The second-order valence-corrected chi connectivity index (χ2v) is 12.9. The number of rotatable bonds is 4. The van der Waals surface area contributed by atoms with Gasteiger partial charge in [-0.05, 0) is 49.6 Å². The normalized spacial score (nSPS) is 22.4. The molecule has 2 aromatic carbocycles. The van der Waals surface area contributed by atoms with Crippen molar-refractivity contribution in [2.24, 2.45) is 0 Å². The second kappa shape index (κ2) is 6.26. The molecule has 1 aliphatic carbocycles.